The van der Waals surface area contributed by atoms with Crippen molar-refractivity contribution in [3.63, 3.8) is 0 Å². The lowest BCUT2D eigenvalue weighted by molar-refractivity contribution is -0.124. The minimum Gasteiger partial charge on any atom is -0.493 e. The molecule has 4 rings (SSSR count). The van der Waals surface area contributed by atoms with Crippen molar-refractivity contribution >= 4 is 44.3 Å². The van der Waals surface area contributed by atoms with Crippen molar-refractivity contribution in [1.29, 1.82) is 0 Å². The Balaban J connectivity index is 1.31. The third-order valence-electron chi connectivity index (χ3n) is 5.04. The summed E-state index contributed by atoms with van der Waals surface area (Å²) in [5.74, 6) is 1.01. The molecule has 150 valence electrons. The molecule has 1 saturated heterocycles. The van der Waals surface area contributed by atoms with Crippen LogP contribution in [0.2, 0.25) is 0 Å². The van der Waals surface area contributed by atoms with Crippen molar-refractivity contribution in [2.24, 2.45) is 0 Å². The van der Waals surface area contributed by atoms with Crippen LogP contribution >= 0.6 is 23.1 Å². The summed E-state index contributed by atoms with van der Waals surface area (Å²) in [4.78, 5) is 25.1. The number of nitrogens with zero attached hydrogens (tertiary/aromatic N) is 1. The highest BCUT2D eigenvalue weighted by Gasteiger charge is 2.30. The SMILES string of the molecule is O=C1CSC(=O)N1Cc1ccc(OCCCCCc2ccccc2)c2ccsc12. The lowest BCUT2D eigenvalue weighted by Gasteiger charge is -2.15. The second-order valence-corrected chi connectivity index (χ2v) is 8.91. The molecule has 0 N–H and O–H groups in total. The number of amides is 2. The van der Waals surface area contributed by atoms with Gasteiger partial charge >= 0.3 is 0 Å². The molecule has 0 saturated carbocycles. The van der Waals surface area contributed by atoms with Crippen LogP contribution in [0.1, 0.15) is 30.4 Å². The van der Waals surface area contributed by atoms with Crippen LogP contribution in [0.3, 0.4) is 0 Å². The van der Waals surface area contributed by atoms with Crippen LogP contribution in [0.15, 0.2) is 53.9 Å². The van der Waals surface area contributed by atoms with E-state index in [9.17, 15) is 9.59 Å². The molecular weight excluding hydrogens is 402 g/mol. The van der Waals surface area contributed by atoms with Gasteiger partial charge in [0.1, 0.15) is 5.75 Å². The fraction of sp³-hybridized carbons (Fsp3) is 0.304. The summed E-state index contributed by atoms with van der Waals surface area (Å²) in [6, 6.07) is 16.6. The molecule has 0 bridgehead atoms. The largest absolute Gasteiger partial charge is 0.493 e. The van der Waals surface area contributed by atoms with Crippen molar-refractivity contribution in [3.05, 3.63) is 65.0 Å². The van der Waals surface area contributed by atoms with Crippen LogP contribution in [-0.4, -0.2) is 28.4 Å². The van der Waals surface area contributed by atoms with Gasteiger partial charge in [0.2, 0.25) is 5.91 Å². The number of aryl methyl sites for hydroxylation is 1. The zero-order chi connectivity index (χ0) is 20.1. The first-order valence-corrected chi connectivity index (χ1v) is 11.7. The van der Waals surface area contributed by atoms with Gasteiger partial charge in [-0.05, 0) is 54.3 Å². The molecule has 4 nitrogen and oxygen atoms in total. The molecule has 2 heterocycles. The number of carbonyl (C=O) groups excluding carboxylic acids is 2. The average molecular weight is 426 g/mol. The van der Waals surface area contributed by atoms with Crippen LogP contribution in [0.25, 0.3) is 10.1 Å². The number of carbonyl (C=O) groups is 2. The Bertz CT molecular complexity index is 984. The third kappa shape index (κ3) is 4.82. The monoisotopic (exact) mass is 425 g/mol. The smallest absolute Gasteiger partial charge is 0.289 e. The van der Waals surface area contributed by atoms with Gasteiger partial charge in [-0.25, -0.2) is 0 Å². The van der Waals surface area contributed by atoms with Gasteiger partial charge in [-0.2, -0.15) is 0 Å². The van der Waals surface area contributed by atoms with E-state index in [0.29, 0.717) is 13.2 Å². The molecule has 0 aliphatic carbocycles. The summed E-state index contributed by atoms with van der Waals surface area (Å²) < 4.78 is 7.14. The van der Waals surface area contributed by atoms with Gasteiger partial charge in [-0.1, -0.05) is 48.2 Å². The van der Waals surface area contributed by atoms with E-state index in [4.69, 9.17) is 4.74 Å². The predicted octanol–water partition coefficient (Wildman–Crippen LogP) is 5.89. The minimum absolute atomic E-state index is 0.111. The molecule has 3 aromatic rings. The molecule has 1 aromatic heterocycles. The highest BCUT2D eigenvalue weighted by molar-refractivity contribution is 8.14. The second kappa shape index (κ2) is 9.46. The number of hydrogen-bond acceptors (Lipinski definition) is 5. The first-order chi connectivity index (χ1) is 14.2. The maximum Gasteiger partial charge on any atom is 0.289 e. The number of benzene rings is 2. The van der Waals surface area contributed by atoms with Crippen LogP contribution in [0.4, 0.5) is 4.79 Å². The van der Waals surface area contributed by atoms with E-state index >= 15 is 0 Å². The van der Waals surface area contributed by atoms with Gasteiger partial charge in [-0.15, -0.1) is 11.3 Å². The van der Waals surface area contributed by atoms with E-state index in [-0.39, 0.29) is 16.9 Å². The van der Waals surface area contributed by atoms with E-state index in [0.717, 1.165) is 58.8 Å². The van der Waals surface area contributed by atoms with Gasteiger partial charge in [0.15, 0.2) is 0 Å². The predicted molar refractivity (Wildman–Crippen MR) is 120 cm³/mol. The molecule has 1 aliphatic rings. The highest BCUT2D eigenvalue weighted by Crippen LogP contribution is 2.34. The highest BCUT2D eigenvalue weighted by atomic mass is 32.2. The summed E-state index contributed by atoms with van der Waals surface area (Å²) in [6.07, 6.45) is 4.43. The Labute approximate surface area is 178 Å². The van der Waals surface area contributed by atoms with Crippen LogP contribution in [0.5, 0.6) is 5.75 Å². The number of hydrogen-bond donors (Lipinski definition) is 0. The van der Waals surface area contributed by atoms with Gasteiger partial charge in [0, 0.05) is 10.1 Å². The average Bonchev–Trinajstić information content (AvgIpc) is 3.35. The fourth-order valence-electron chi connectivity index (χ4n) is 3.48. The second-order valence-electron chi connectivity index (χ2n) is 7.07. The molecule has 29 heavy (non-hydrogen) atoms. The van der Waals surface area contributed by atoms with Gasteiger partial charge in [0.25, 0.3) is 5.24 Å². The van der Waals surface area contributed by atoms with E-state index < -0.39 is 0 Å². The van der Waals surface area contributed by atoms with Crippen molar-refractivity contribution < 1.29 is 14.3 Å². The summed E-state index contributed by atoms with van der Waals surface area (Å²) in [7, 11) is 0. The number of thioether (sulfide) groups is 1. The molecule has 0 unspecified atom stereocenters. The quantitative estimate of drug-likeness (QED) is 0.401. The van der Waals surface area contributed by atoms with Gasteiger partial charge in [0.05, 0.1) is 18.9 Å². The number of thiophene rings is 1. The topological polar surface area (TPSA) is 46.6 Å². The van der Waals surface area contributed by atoms with E-state index in [2.05, 4.69) is 30.3 Å². The van der Waals surface area contributed by atoms with Crippen molar-refractivity contribution in [2.45, 2.75) is 32.2 Å². The molecule has 2 aromatic carbocycles. The fourth-order valence-corrected chi connectivity index (χ4v) is 5.13. The standard InChI is InChI=1S/C23H23NO3S2/c25-21-16-29-23(26)24(21)15-18-10-11-20(19-12-14-28-22(18)19)27-13-6-2-5-9-17-7-3-1-4-8-17/h1,3-4,7-8,10-12,14H,2,5-6,9,13,15-16H2. The van der Waals surface area contributed by atoms with Crippen molar-refractivity contribution in [3.8, 4) is 5.75 Å². The van der Waals surface area contributed by atoms with Crippen molar-refractivity contribution in [1.82, 2.24) is 4.90 Å². The molecule has 2 amide bonds. The summed E-state index contributed by atoms with van der Waals surface area (Å²) in [5.41, 5.74) is 2.38. The summed E-state index contributed by atoms with van der Waals surface area (Å²) in [6.45, 7) is 1.03. The Hall–Kier alpha value is -2.31. The maximum absolute atomic E-state index is 11.9. The van der Waals surface area contributed by atoms with E-state index in [1.165, 1.54) is 10.5 Å². The maximum atomic E-state index is 11.9. The van der Waals surface area contributed by atoms with Gasteiger partial charge < -0.3 is 4.74 Å². The number of ether oxygens (including phenoxy) is 1. The lowest BCUT2D eigenvalue weighted by atomic mass is 10.1. The lowest BCUT2D eigenvalue weighted by Crippen LogP contribution is -2.27. The third-order valence-corrected chi connectivity index (χ3v) is 6.89. The van der Waals surface area contributed by atoms with Crippen LogP contribution in [0, 0.1) is 0 Å². The first kappa shape index (κ1) is 20.0. The molecular formula is C23H23NO3S2. The molecule has 1 fully saturated rings. The molecule has 1 aliphatic heterocycles. The molecule has 0 atom stereocenters. The van der Waals surface area contributed by atoms with Crippen LogP contribution < -0.4 is 4.74 Å². The Morgan fingerprint density at radius 1 is 0.966 bits per heavy atom. The molecule has 0 spiro atoms. The Morgan fingerprint density at radius 3 is 2.62 bits per heavy atom. The van der Waals surface area contributed by atoms with Gasteiger partial charge in [-0.3, -0.25) is 14.5 Å². The number of unbranched alkanes of at least 4 members (excludes halogenated alkanes) is 2. The number of fused-ring (bicyclic) bond motifs is 1. The molecule has 0 radical (unpaired) electrons. The normalized spacial score (nSPS) is 14.1. The van der Waals surface area contributed by atoms with E-state index in [1.54, 1.807) is 11.3 Å². The number of imide groups is 1. The summed E-state index contributed by atoms with van der Waals surface area (Å²) in [5, 5.41) is 2.93. The number of rotatable bonds is 9. The summed E-state index contributed by atoms with van der Waals surface area (Å²) >= 11 is 2.70. The van der Waals surface area contributed by atoms with E-state index in [1.807, 2.05) is 23.6 Å². The molecule has 6 heteroatoms. The zero-order valence-electron chi connectivity index (χ0n) is 16.1. The Morgan fingerprint density at radius 2 is 1.83 bits per heavy atom. The van der Waals surface area contributed by atoms with Crippen LogP contribution in [-0.2, 0) is 17.8 Å². The minimum atomic E-state index is -0.157. The zero-order valence-corrected chi connectivity index (χ0v) is 17.8. The van der Waals surface area contributed by atoms with Crippen molar-refractivity contribution in [2.75, 3.05) is 12.4 Å². The first-order valence-electron chi connectivity index (χ1n) is 9.85. The Kier molecular flexibility index (Phi) is 6.52.